The Morgan fingerprint density at radius 2 is 2.35 bits per heavy atom. The fourth-order valence-electron chi connectivity index (χ4n) is 3.51. The molecule has 0 bridgehead atoms. The summed E-state index contributed by atoms with van der Waals surface area (Å²) in [7, 11) is 0. The van der Waals surface area contributed by atoms with E-state index in [1.165, 1.54) is 12.8 Å². The number of aryl methyl sites for hydroxylation is 1. The SMILES string of the molecule is Cc1c[nH]c2ncnc(N3C=C(C(=O)NC[C@H]4CCCCN4)SCC3)c12. The van der Waals surface area contributed by atoms with Crippen molar-refractivity contribution < 1.29 is 4.79 Å². The zero-order valence-electron chi connectivity index (χ0n) is 14.9. The van der Waals surface area contributed by atoms with Gasteiger partial charge in [-0.05, 0) is 31.9 Å². The van der Waals surface area contributed by atoms with Crippen LogP contribution in [0.4, 0.5) is 5.82 Å². The lowest BCUT2D eigenvalue weighted by molar-refractivity contribution is -0.116. The van der Waals surface area contributed by atoms with Crippen LogP contribution in [0.3, 0.4) is 0 Å². The standard InChI is InChI=1S/C18H24N6OS/c1-12-8-20-16-15(12)17(23-11-22-16)24-6-7-26-14(10-24)18(25)21-9-13-4-2-3-5-19-13/h8,10-11,13,19H,2-7,9H2,1H3,(H,21,25)(H,20,22,23)/t13-/m1/s1. The summed E-state index contributed by atoms with van der Waals surface area (Å²) in [5.74, 6) is 1.71. The lowest BCUT2D eigenvalue weighted by Gasteiger charge is -2.27. The number of amides is 1. The number of thioether (sulfide) groups is 1. The quantitative estimate of drug-likeness (QED) is 0.760. The molecule has 4 heterocycles. The minimum atomic E-state index is 0.00293. The number of carbonyl (C=O) groups excluding carboxylic acids is 1. The number of anilines is 1. The molecule has 2 aliphatic heterocycles. The van der Waals surface area contributed by atoms with Crippen molar-refractivity contribution in [3.63, 3.8) is 0 Å². The Hall–Kier alpha value is -2.06. The summed E-state index contributed by atoms with van der Waals surface area (Å²) >= 11 is 1.60. The Morgan fingerprint density at radius 3 is 3.19 bits per heavy atom. The number of hydrogen-bond acceptors (Lipinski definition) is 6. The van der Waals surface area contributed by atoms with Crippen molar-refractivity contribution in [2.45, 2.75) is 32.2 Å². The van der Waals surface area contributed by atoms with Crippen LogP contribution in [0.1, 0.15) is 24.8 Å². The molecule has 7 nitrogen and oxygen atoms in total. The molecule has 1 fully saturated rings. The Balaban J connectivity index is 1.49. The maximum Gasteiger partial charge on any atom is 0.259 e. The summed E-state index contributed by atoms with van der Waals surface area (Å²) in [6, 6.07) is 0.391. The number of carbonyl (C=O) groups is 1. The number of piperidine rings is 1. The highest BCUT2D eigenvalue weighted by atomic mass is 32.2. The highest BCUT2D eigenvalue weighted by Crippen LogP contribution is 2.30. The second kappa shape index (κ2) is 7.67. The summed E-state index contributed by atoms with van der Waals surface area (Å²) in [4.78, 5) is 27.3. The highest BCUT2D eigenvalue weighted by molar-refractivity contribution is 8.04. The molecular weight excluding hydrogens is 348 g/mol. The van der Waals surface area contributed by atoms with Crippen LogP contribution in [-0.2, 0) is 4.79 Å². The molecule has 0 aromatic carbocycles. The van der Waals surface area contributed by atoms with Gasteiger partial charge in [-0.15, -0.1) is 11.8 Å². The van der Waals surface area contributed by atoms with Crippen molar-refractivity contribution in [1.82, 2.24) is 25.6 Å². The van der Waals surface area contributed by atoms with Gasteiger partial charge < -0.3 is 20.5 Å². The fraction of sp³-hybridized carbons (Fsp3) is 0.500. The van der Waals surface area contributed by atoms with Crippen LogP contribution in [0.2, 0.25) is 0 Å². The zero-order chi connectivity index (χ0) is 17.9. The van der Waals surface area contributed by atoms with Crippen molar-refractivity contribution in [3.05, 3.63) is 29.2 Å². The molecule has 1 atom stereocenters. The first kappa shape index (κ1) is 17.4. The van der Waals surface area contributed by atoms with Crippen LogP contribution in [-0.4, -0.2) is 52.3 Å². The smallest absolute Gasteiger partial charge is 0.259 e. The molecule has 2 aromatic heterocycles. The number of aromatic amines is 1. The largest absolute Gasteiger partial charge is 0.350 e. The molecule has 0 radical (unpaired) electrons. The van der Waals surface area contributed by atoms with E-state index >= 15 is 0 Å². The number of nitrogens with zero attached hydrogens (tertiary/aromatic N) is 3. The van der Waals surface area contributed by atoms with Gasteiger partial charge in [0, 0.05) is 37.3 Å². The molecule has 8 heteroatoms. The molecule has 26 heavy (non-hydrogen) atoms. The zero-order valence-corrected chi connectivity index (χ0v) is 15.7. The van der Waals surface area contributed by atoms with Crippen LogP contribution >= 0.6 is 11.8 Å². The number of fused-ring (bicyclic) bond motifs is 1. The average Bonchev–Trinajstić information content (AvgIpc) is 3.08. The maximum atomic E-state index is 12.6. The van der Waals surface area contributed by atoms with Gasteiger partial charge in [0.05, 0.1) is 10.3 Å². The normalized spacial score (nSPS) is 20.9. The van der Waals surface area contributed by atoms with E-state index in [1.54, 1.807) is 18.1 Å². The number of hydrogen-bond donors (Lipinski definition) is 3. The van der Waals surface area contributed by atoms with E-state index in [1.807, 2.05) is 19.3 Å². The van der Waals surface area contributed by atoms with Crippen molar-refractivity contribution in [2.75, 3.05) is 30.3 Å². The van der Waals surface area contributed by atoms with Crippen molar-refractivity contribution >= 4 is 34.5 Å². The third-order valence-electron chi connectivity index (χ3n) is 4.93. The van der Waals surface area contributed by atoms with Crippen LogP contribution in [0.25, 0.3) is 11.0 Å². The lowest BCUT2D eigenvalue weighted by atomic mass is 10.1. The highest BCUT2D eigenvalue weighted by Gasteiger charge is 2.22. The van der Waals surface area contributed by atoms with Gasteiger partial charge in [0.2, 0.25) is 0 Å². The summed E-state index contributed by atoms with van der Waals surface area (Å²) in [6.07, 6.45) is 9.02. The number of H-pyrrole nitrogens is 1. The summed E-state index contributed by atoms with van der Waals surface area (Å²) < 4.78 is 0. The van der Waals surface area contributed by atoms with E-state index in [9.17, 15) is 4.79 Å². The summed E-state index contributed by atoms with van der Waals surface area (Å²) in [6.45, 7) is 4.60. The predicted molar refractivity (Wildman–Crippen MR) is 105 cm³/mol. The van der Waals surface area contributed by atoms with Crippen LogP contribution in [0.15, 0.2) is 23.6 Å². The molecule has 3 N–H and O–H groups in total. The van der Waals surface area contributed by atoms with E-state index in [0.29, 0.717) is 12.6 Å². The van der Waals surface area contributed by atoms with Crippen LogP contribution < -0.4 is 15.5 Å². The molecular formula is C18H24N6OS. The number of rotatable bonds is 4. The number of nitrogens with one attached hydrogen (secondary N) is 3. The van der Waals surface area contributed by atoms with E-state index in [-0.39, 0.29) is 5.91 Å². The van der Waals surface area contributed by atoms with Gasteiger partial charge in [-0.2, -0.15) is 0 Å². The lowest BCUT2D eigenvalue weighted by Crippen LogP contribution is -2.44. The molecule has 138 valence electrons. The monoisotopic (exact) mass is 372 g/mol. The molecule has 1 amide bonds. The summed E-state index contributed by atoms with van der Waals surface area (Å²) in [5, 5.41) is 7.56. The molecule has 2 aliphatic rings. The molecule has 0 saturated carbocycles. The van der Waals surface area contributed by atoms with Crippen molar-refractivity contribution in [3.8, 4) is 0 Å². The second-order valence-corrected chi connectivity index (χ2v) is 7.92. The van der Waals surface area contributed by atoms with E-state index in [4.69, 9.17) is 0 Å². The number of aromatic nitrogens is 3. The van der Waals surface area contributed by atoms with Gasteiger partial charge in [0.15, 0.2) is 0 Å². The summed E-state index contributed by atoms with van der Waals surface area (Å²) in [5.41, 5.74) is 1.94. The van der Waals surface area contributed by atoms with Gasteiger partial charge in [-0.25, -0.2) is 9.97 Å². The van der Waals surface area contributed by atoms with E-state index in [2.05, 4.69) is 30.5 Å². The third-order valence-corrected chi connectivity index (χ3v) is 5.92. The van der Waals surface area contributed by atoms with Crippen molar-refractivity contribution in [2.24, 2.45) is 0 Å². The Kier molecular flexibility index (Phi) is 5.12. The van der Waals surface area contributed by atoms with Crippen molar-refractivity contribution in [1.29, 1.82) is 0 Å². The van der Waals surface area contributed by atoms with Gasteiger partial charge in [0.1, 0.15) is 17.8 Å². The minimum absolute atomic E-state index is 0.00293. The van der Waals surface area contributed by atoms with Gasteiger partial charge in [-0.3, -0.25) is 4.79 Å². The molecule has 4 rings (SSSR count). The van der Waals surface area contributed by atoms with E-state index in [0.717, 1.165) is 52.6 Å². The third kappa shape index (κ3) is 3.57. The average molecular weight is 372 g/mol. The van der Waals surface area contributed by atoms with Crippen LogP contribution in [0.5, 0.6) is 0 Å². The fourth-order valence-corrected chi connectivity index (χ4v) is 4.42. The predicted octanol–water partition coefficient (Wildman–Crippen LogP) is 1.92. The first-order chi connectivity index (χ1) is 12.7. The molecule has 1 saturated heterocycles. The van der Waals surface area contributed by atoms with Crippen LogP contribution in [0, 0.1) is 6.92 Å². The Morgan fingerprint density at radius 1 is 1.42 bits per heavy atom. The Labute approximate surface area is 157 Å². The topological polar surface area (TPSA) is 85.9 Å². The first-order valence-corrected chi connectivity index (χ1v) is 10.1. The second-order valence-electron chi connectivity index (χ2n) is 6.78. The maximum absolute atomic E-state index is 12.6. The van der Waals surface area contributed by atoms with Gasteiger partial charge in [0.25, 0.3) is 5.91 Å². The first-order valence-electron chi connectivity index (χ1n) is 9.14. The molecule has 0 aliphatic carbocycles. The molecule has 2 aromatic rings. The molecule has 0 spiro atoms. The molecule has 0 unspecified atom stereocenters. The Bertz CT molecular complexity index is 826. The minimum Gasteiger partial charge on any atom is -0.350 e. The van der Waals surface area contributed by atoms with Gasteiger partial charge in [-0.1, -0.05) is 6.42 Å². The van der Waals surface area contributed by atoms with Gasteiger partial charge >= 0.3 is 0 Å². The van der Waals surface area contributed by atoms with E-state index < -0.39 is 0 Å².